The average Bonchev–Trinajstić information content (AvgIpc) is 3.54. The van der Waals surface area contributed by atoms with Crippen molar-refractivity contribution in [1.82, 2.24) is 24.9 Å². The summed E-state index contributed by atoms with van der Waals surface area (Å²) in [5.74, 6) is 1.11. The van der Waals surface area contributed by atoms with Crippen molar-refractivity contribution in [3.8, 4) is 22.9 Å². The van der Waals surface area contributed by atoms with Gasteiger partial charge in [-0.3, -0.25) is 9.80 Å². The number of nitrogens with zero attached hydrogens (tertiary/aromatic N) is 5. The van der Waals surface area contributed by atoms with Gasteiger partial charge in [0.2, 0.25) is 11.7 Å². The summed E-state index contributed by atoms with van der Waals surface area (Å²) in [4.78, 5) is 24.8. The molecule has 12 heteroatoms. The number of β-amino-alcohol motifs (C(OH)–C–C–N with tert-alkyl or cyclic N) is 1. The number of hydrogen-bond donors (Lipinski definition) is 2. The van der Waals surface area contributed by atoms with Gasteiger partial charge in [-0.2, -0.15) is 4.98 Å². The number of thiazole rings is 1. The molecule has 1 unspecified atom stereocenters. The first-order chi connectivity index (χ1) is 19.1. The highest BCUT2D eigenvalue weighted by Gasteiger charge is 2.29. The van der Waals surface area contributed by atoms with Crippen LogP contribution in [0.5, 0.6) is 11.5 Å². The highest BCUT2D eigenvalue weighted by atomic mass is 32.1. The van der Waals surface area contributed by atoms with Crippen molar-refractivity contribution in [2.45, 2.75) is 39.0 Å². The Kier molecular flexibility index (Phi) is 8.31. The van der Waals surface area contributed by atoms with Crippen molar-refractivity contribution < 1.29 is 29.0 Å². The molecular weight excluding hydrogens is 534 g/mol. The van der Waals surface area contributed by atoms with Crippen molar-refractivity contribution in [2.75, 3.05) is 39.3 Å². The van der Waals surface area contributed by atoms with Crippen LogP contribution in [0.2, 0.25) is 0 Å². The Balaban J connectivity index is 1.05. The SMILES string of the molecule is Cc1nc2cc(OCC(O)CN3CCN(Cc4nc(-c5ccc(OC(C)(C)C(=O)O)cc5)no4)CC3)ccc2s1. The highest BCUT2D eigenvalue weighted by molar-refractivity contribution is 7.18. The predicted molar refractivity (Wildman–Crippen MR) is 150 cm³/mol. The number of aliphatic hydroxyl groups is 1. The summed E-state index contributed by atoms with van der Waals surface area (Å²) in [6.45, 7) is 9.55. The lowest BCUT2D eigenvalue weighted by molar-refractivity contribution is -0.152. The van der Waals surface area contributed by atoms with Crippen molar-refractivity contribution in [1.29, 1.82) is 0 Å². The van der Waals surface area contributed by atoms with Crippen LogP contribution in [0.15, 0.2) is 47.0 Å². The van der Waals surface area contributed by atoms with Gasteiger partial charge in [0.25, 0.3) is 0 Å². The number of aliphatic hydroxyl groups excluding tert-OH is 1. The first-order valence-electron chi connectivity index (χ1n) is 13.1. The van der Waals surface area contributed by atoms with E-state index < -0.39 is 17.7 Å². The van der Waals surface area contributed by atoms with Gasteiger partial charge in [-0.05, 0) is 57.2 Å². The summed E-state index contributed by atoms with van der Waals surface area (Å²) in [6, 6.07) is 12.8. The zero-order chi connectivity index (χ0) is 28.3. The molecule has 0 spiro atoms. The first-order valence-corrected chi connectivity index (χ1v) is 13.9. The van der Waals surface area contributed by atoms with Crippen molar-refractivity contribution >= 4 is 27.5 Å². The van der Waals surface area contributed by atoms with Crippen molar-refractivity contribution in [3.63, 3.8) is 0 Å². The van der Waals surface area contributed by atoms with Gasteiger partial charge in [-0.15, -0.1) is 11.3 Å². The molecule has 1 atom stereocenters. The lowest BCUT2D eigenvalue weighted by Gasteiger charge is -2.34. The number of hydrogen-bond acceptors (Lipinski definition) is 11. The number of rotatable bonds is 11. The predicted octanol–water partition coefficient (Wildman–Crippen LogP) is 3.45. The van der Waals surface area contributed by atoms with Gasteiger partial charge in [0.05, 0.1) is 21.8 Å². The maximum atomic E-state index is 11.3. The third kappa shape index (κ3) is 6.94. The molecule has 11 nitrogen and oxygen atoms in total. The second kappa shape index (κ2) is 11.9. The summed E-state index contributed by atoms with van der Waals surface area (Å²) in [6.07, 6.45) is -0.593. The van der Waals surface area contributed by atoms with E-state index in [1.165, 1.54) is 13.8 Å². The van der Waals surface area contributed by atoms with Gasteiger partial charge in [-0.25, -0.2) is 9.78 Å². The van der Waals surface area contributed by atoms with E-state index in [4.69, 9.17) is 14.0 Å². The van der Waals surface area contributed by atoms with Crippen LogP contribution in [-0.4, -0.2) is 92.1 Å². The number of benzene rings is 2. The number of aromatic nitrogens is 3. The third-order valence-corrected chi connectivity index (χ3v) is 7.62. The van der Waals surface area contributed by atoms with E-state index in [-0.39, 0.29) is 6.61 Å². The largest absolute Gasteiger partial charge is 0.491 e. The fourth-order valence-electron chi connectivity index (χ4n) is 4.42. The lowest BCUT2D eigenvalue weighted by atomic mass is 10.1. The minimum absolute atomic E-state index is 0.226. The third-order valence-electron chi connectivity index (χ3n) is 6.67. The molecule has 0 bridgehead atoms. The summed E-state index contributed by atoms with van der Waals surface area (Å²) >= 11 is 1.65. The van der Waals surface area contributed by atoms with Crippen LogP contribution in [0.4, 0.5) is 0 Å². The standard InChI is InChI=1S/C28H33N5O6S/c1-18-29-23-14-22(8-9-24(23)40-18)37-17-20(34)15-32-10-12-33(13-11-32)16-25-30-26(31-39-25)19-4-6-21(7-5-19)38-28(2,3)27(35)36/h4-9,14,20,34H,10-13,15-17H2,1-3H3,(H,35,36). The Morgan fingerprint density at radius 2 is 1.77 bits per heavy atom. The monoisotopic (exact) mass is 567 g/mol. The smallest absolute Gasteiger partial charge is 0.347 e. The number of ether oxygens (including phenoxy) is 2. The van der Waals surface area contributed by atoms with Crippen LogP contribution in [0.25, 0.3) is 21.6 Å². The fourth-order valence-corrected chi connectivity index (χ4v) is 5.23. The van der Waals surface area contributed by atoms with Crippen LogP contribution in [0, 0.1) is 6.92 Å². The molecule has 0 radical (unpaired) electrons. The molecule has 0 saturated carbocycles. The van der Waals surface area contributed by atoms with Crippen molar-refractivity contribution in [2.24, 2.45) is 0 Å². The second-order valence-electron chi connectivity index (χ2n) is 10.4. The van der Waals surface area contributed by atoms with E-state index in [1.54, 1.807) is 35.6 Å². The van der Waals surface area contributed by atoms with Crippen LogP contribution < -0.4 is 9.47 Å². The number of fused-ring (bicyclic) bond motifs is 1. The van der Waals surface area contributed by atoms with Gasteiger partial charge in [0.15, 0.2) is 5.60 Å². The Labute approximate surface area is 236 Å². The molecule has 1 saturated heterocycles. The Morgan fingerprint density at radius 3 is 2.50 bits per heavy atom. The van der Waals surface area contributed by atoms with Crippen LogP contribution in [0.1, 0.15) is 24.7 Å². The maximum absolute atomic E-state index is 11.3. The summed E-state index contributed by atoms with van der Waals surface area (Å²) in [5, 5.41) is 24.9. The molecule has 2 N–H and O–H groups in total. The zero-order valence-electron chi connectivity index (χ0n) is 22.7. The van der Waals surface area contributed by atoms with Gasteiger partial charge in [0, 0.05) is 44.4 Å². The van der Waals surface area contributed by atoms with Crippen molar-refractivity contribution in [3.05, 3.63) is 53.4 Å². The number of piperazine rings is 1. The molecular formula is C28H33N5O6S. The molecule has 4 aromatic rings. The van der Waals surface area contributed by atoms with E-state index in [0.29, 0.717) is 36.3 Å². The van der Waals surface area contributed by atoms with Crippen LogP contribution in [0.3, 0.4) is 0 Å². The molecule has 5 rings (SSSR count). The summed E-state index contributed by atoms with van der Waals surface area (Å²) in [7, 11) is 0. The molecule has 3 heterocycles. The zero-order valence-corrected chi connectivity index (χ0v) is 23.6. The topological polar surface area (TPSA) is 134 Å². The van der Waals surface area contributed by atoms with E-state index in [2.05, 4.69) is 24.9 Å². The van der Waals surface area contributed by atoms with Gasteiger partial charge >= 0.3 is 5.97 Å². The van der Waals surface area contributed by atoms with Gasteiger partial charge in [0.1, 0.15) is 24.2 Å². The minimum Gasteiger partial charge on any atom is -0.491 e. The lowest BCUT2D eigenvalue weighted by Crippen LogP contribution is -2.48. The Hall–Kier alpha value is -3.58. The number of aryl methyl sites for hydroxylation is 1. The summed E-state index contributed by atoms with van der Waals surface area (Å²) < 4.78 is 18.0. The number of aliphatic carboxylic acids is 1. The molecule has 2 aromatic heterocycles. The Morgan fingerprint density at radius 1 is 1.07 bits per heavy atom. The normalized spacial score (nSPS) is 15.8. The van der Waals surface area contributed by atoms with E-state index >= 15 is 0 Å². The number of carboxylic acid groups (broad SMARTS) is 1. The molecule has 0 amide bonds. The minimum atomic E-state index is -1.33. The quantitative estimate of drug-likeness (QED) is 0.276. The molecule has 40 heavy (non-hydrogen) atoms. The second-order valence-corrected chi connectivity index (χ2v) is 11.6. The number of carbonyl (C=O) groups is 1. The first kappa shape index (κ1) is 28.0. The molecule has 0 aliphatic carbocycles. The molecule has 2 aromatic carbocycles. The van der Waals surface area contributed by atoms with E-state index in [1.807, 2.05) is 25.1 Å². The average molecular weight is 568 g/mol. The molecule has 1 aliphatic rings. The highest BCUT2D eigenvalue weighted by Crippen LogP contribution is 2.26. The molecule has 1 fully saturated rings. The van der Waals surface area contributed by atoms with E-state index in [9.17, 15) is 15.0 Å². The summed E-state index contributed by atoms with van der Waals surface area (Å²) in [5.41, 5.74) is 0.342. The fraction of sp³-hybridized carbons (Fsp3) is 0.429. The number of carboxylic acids is 1. The van der Waals surface area contributed by atoms with Crippen LogP contribution >= 0.6 is 11.3 Å². The van der Waals surface area contributed by atoms with Gasteiger partial charge in [-0.1, -0.05) is 5.16 Å². The molecule has 212 valence electrons. The maximum Gasteiger partial charge on any atom is 0.347 e. The van der Waals surface area contributed by atoms with Gasteiger partial charge < -0.3 is 24.2 Å². The molecule has 1 aliphatic heterocycles. The van der Waals surface area contributed by atoms with Crippen LogP contribution in [-0.2, 0) is 11.3 Å². The Bertz CT molecular complexity index is 1450. The van der Waals surface area contributed by atoms with E-state index in [0.717, 1.165) is 47.0 Å².